The summed E-state index contributed by atoms with van der Waals surface area (Å²) in [7, 11) is 3.45. The van der Waals surface area contributed by atoms with Gasteiger partial charge in [-0.25, -0.2) is 0 Å². The molecule has 58 valence electrons. The number of aromatic nitrogens is 1. The number of hydrogen-bond donors (Lipinski definition) is 0. The summed E-state index contributed by atoms with van der Waals surface area (Å²) in [5, 5.41) is 0. The molecule has 0 atom stereocenters. The van der Waals surface area contributed by atoms with Crippen LogP contribution in [0.25, 0.3) is 0 Å². The van der Waals surface area contributed by atoms with Crippen molar-refractivity contribution in [3.05, 3.63) is 30.1 Å². The monoisotopic (exact) mass is 150 g/mol. The van der Waals surface area contributed by atoms with Gasteiger partial charge in [-0.3, -0.25) is 9.78 Å². The maximum Gasteiger partial charge on any atom is 0.253 e. The Morgan fingerprint density at radius 1 is 1.36 bits per heavy atom. The van der Waals surface area contributed by atoms with E-state index in [4.69, 9.17) is 0 Å². The average Bonchev–Trinajstić information content (AvgIpc) is 2.05. The van der Waals surface area contributed by atoms with E-state index in [0.717, 1.165) is 0 Å². The van der Waals surface area contributed by atoms with Crippen LogP contribution >= 0.6 is 0 Å². The molecule has 0 unspecified atom stereocenters. The van der Waals surface area contributed by atoms with Crippen molar-refractivity contribution in [1.82, 2.24) is 9.88 Å². The Labute approximate surface area is 65.7 Å². The number of nitrogens with zero attached hydrogens (tertiary/aromatic N) is 2. The van der Waals surface area contributed by atoms with Gasteiger partial charge in [0.05, 0.1) is 0 Å². The van der Waals surface area contributed by atoms with Crippen LogP contribution in [0, 0.1) is 0 Å². The second-order valence-corrected chi connectivity index (χ2v) is 2.44. The van der Waals surface area contributed by atoms with Gasteiger partial charge in [0.25, 0.3) is 5.91 Å². The molecule has 0 aliphatic carbocycles. The Morgan fingerprint density at radius 3 is 2.36 bits per heavy atom. The molecule has 0 aliphatic rings. The fourth-order valence-corrected chi connectivity index (χ4v) is 0.753. The molecule has 0 radical (unpaired) electrons. The van der Waals surface area contributed by atoms with E-state index >= 15 is 0 Å². The minimum Gasteiger partial charge on any atom is -0.345 e. The Bertz CT molecular complexity index is 244. The zero-order valence-corrected chi connectivity index (χ0v) is 6.61. The highest BCUT2D eigenvalue weighted by Gasteiger charge is 2.05. The molecule has 0 fully saturated rings. The third-order valence-corrected chi connectivity index (χ3v) is 1.33. The number of rotatable bonds is 1. The molecule has 1 rings (SSSR count). The highest BCUT2D eigenvalue weighted by Crippen LogP contribution is 1.98. The molecule has 1 aromatic heterocycles. The van der Waals surface area contributed by atoms with E-state index in [1.54, 1.807) is 38.6 Å². The first-order valence-electron chi connectivity index (χ1n) is 3.33. The molecule has 0 aliphatic heterocycles. The maximum absolute atomic E-state index is 11.2. The van der Waals surface area contributed by atoms with Crippen LogP contribution in [0.4, 0.5) is 0 Å². The summed E-state index contributed by atoms with van der Waals surface area (Å²) in [6.07, 6.45) is 3.22. The van der Waals surface area contributed by atoms with E-state index in [2.05, 4.69) is 4.98 Å². The second kappa shape index (κ2) is 3.14. The van der Waals surface area contributed by atoms with E-state index < -0.39 is 0 Å². The molecule has 1 amide bonds. The smallest absolute Gasteiger partial charge is 0.253 e. The molecule has 3 heteroatoms. The Hall–Kier alpha value is -1.38. The number of carbonyl (C=O) groups is 1. The van der Waals surface area contributed by atoms with Crippen molar-refractivity contribution in [1.29, 1.82) is 0 Å². The molecule has 0 saturated carbocycles. The van der Waals surface area contributed by atoms with Gasteiger partial charge in [0.1, 0.15) is 0 Å². The lowest BCUT2D eigenvalue weighted by molar-refractivity contribution is 0.0827. The number of carbonyl (C=O) groups excluding carboxylic acids is 1. The standard InChI is InChI=1S/C8H10N2O/c1-10(2)8(11)7-3-5-9-6-4-7/h3-6H,1-2H3. The van der Waals surface area contributed by atoms with Crippen LogP contribution in [0.1, 0.15) is 10.4 Å². The van der Waals surface area contributed by atoms with Gasteiger partial charge in [0.15, 0.2) is 0 Å². The van der Waals surface area contributed by atoms with Gasteiger partial charge in [0.2, 0.25) is 0 Å². The summed E-state index contributed by atoms with van der Waals surface area (Å²) in [5.74, 6) is 0.00685. The van der Waals surface area contributed by atoms with Gasteiger partial charge in [-0.05, 0) is 12.1 Å². The Kier molecular flexibility index (Phi) is 2.21. The van der Waals surface area contributed by atoms with Gasteiger partial charge < -0.3 is 4.90 Å². The molecule has 3 nitrogen and oxygen atoms in total. The summed E-state index contributed by atoms with van der Waals surface area (Å²) in [5.41, 5.74) is 0.671. The predicted molar refractivity (Wildman–Crippen MR) is 42.3 cm³/mol. The minimum atomic E-state index is 0.00685. The molecule has 1 heterocycles. The van der Waals surface area contributed by atoms with Crippen LogP contribution in [0.2, 0.25) is 0 Å². The van der Waals surface area contributed by atoms with Crippen molar-refractivity contribution < 1.29 is 4.79 Å². The van der Waals surface area contributed by atoms with Crippen molar-refractivity contribution >= 4 is 5.91 Å². The van der Waals surface area contributed by atoms with Gasteiger partial charge in [-0.15, -0.1) is 0 Å². The SMILES string of the molecule is CN(C)C(=O)c1ccncc1. The van der Waals surface area contributed by atoms with Crippen molar-refractivity contribution in [2.24, 2.45) is 0 Å². The molecule has 0 saturated heterocycles. The molecule has 11 heavy (non-hydrogen) atoms. The number of hydrogen-bond acceptors (Lipinski definition) is 2. The van der Waals surface area contributed by atoms with E-state index in [-0.39, 0.29) is 5.91 Å². The largest absolute Gasteiger partial charge is 0.345 e. The predicted octanol–water partition coefficient (Wildman–Crippen LogP) is 0.783. The maximum atomic E-state index is 11.2. The number of amides is 1. The molecule has 0 spiro atoms. The lowest BCUT2D eigenvalue weighted by Gasteiger charge is -2.08. The summed E-state index contributed by atoms with van der Waals surface area (Å²) < 4.78 is 0. The molecular weight excluding hydrogens is 140 g/mol. The van der Waals surface area contributed by atoms with Crippen LogP contribution in [0.15, 0.2) is 24.5 Å². The van der Waals surface area contributed by atoms with Crippen LogP contribution in [-0.4, -0.2) is 29.9 Å². The minimum absolute atomic E-state index is 0.00685. The fraction of sp³-hybridized carbons (Fsp3) is 0.250. The highest BCUT2D eigenvalue weighted by molar-refractivity contribution is 5.93. The van der Waals surface area contributed by atoms with E-state index in [0.29, 0.717) is 5.56 Å². The van der Waals surface area contributed by atoms with Crippen molar-refractivity contribution in [3.63, 3.8) is 0 Å². The fourth-order valence-electron chi connectivity index (χ4n) is 0.753. The third-order valence-electron chi connectivity index (χ3n) is 1.33. The topological polar surface area (TPSA) is 33.2 Å². The van der Waals surface area contributed by atoms with Crippen molar-refractivity contribution in [2.45, 2.75) is 0 Å². The second-order valence-electron chi connectivity index (χ2n) is 2.44. The van der Waals surface area contributed by atoms with Crippen LogP contribution in [-0.2, 0) is 0 Å². The highest BCUT2D eigenvalue weighted by atomic mass is 16.2. The first kappa shape index (κ1) is 7.72. The summed E-state index contributed by atoms with van der Waals surface area (Å²) >= 11 is 0. The van der Waals surface area contributed by atoms with Crippen LogP contribution in [0.3, 0.4) is 0 Å². The van der Waals surface area contributed by atoms with Gasteiger partial charge in [-0.2, -0.15) is 0 Å². The first-order valence-corrected chi connectivity index (χ1v) is 3.33. The lowest BCUT2D eigenvalue weighted by atomic mass is 10.2. The third kappa shape index (κ3) is 1.77. The van der Waals surface area contributed by atoms with Crippen LogP contribution in [0.5, 0.6) is 0 Å². The van der Waals surface area contributed by atoms with E-state index in [9.17, 15) is 4.79 Å². The average molecular weight is 150 g/mol. The molecule has 1 aromatic rings. The summed E-state index contributed by atoms with van der Waals surface area (Å²) in [4.78, 5) is 16.6. The van der Waals surface area contributed by atoms with Crippen molar-refractivity contribution in [3.8, 4) is 0 Å². The zero-order valence-electron chi connectivity index (χ0n) is 6.61. The Morgan fingerprint density at radius 2 is 1.91 bits per heavy atom. The first-order chi connectivity index (χ1) is 5.22. The van der Waals surface area contributed by atoms with Crippen LogP contribution < -0.4 is 0 Å². The summed E-state index contributed by atoms with van der Waals surface area (Å²) in [6, 6.07) is 3.39. The van der Waals surface area contributed by atoms with Gasteiger partial charge in [-0.1, -0.05) is 0 Å². The normalized spacial score (nSPS) is 9.27. The van der Waals surface area contributed by atoms with E-state index in [1.807, 2.05) is 0 Å². The van der Waals surface area contributed by atoms with Gasteiger partial charge in [0, 0.05) is 32.1 Å². The van der Waals surface area contributed by atoms with E-state index in [1.165, 1.54) is 4.90 Å². The zero-order chi connectivity index (χ0) is 8.27. The number of pyridine rings is 1. The molecule has 0 bridgehead atoms. The van der Waals surface area contributed by atoms with Crippen molar-refractivity contribution in [2.75, 3.05) is 14.1 Å². The quantitative estimate of drug-likeness (QED) is 0.592. The van der Waals surface area contributed by atoms with Gasteiger partial charge >= 0.3 is 0 Å². The Balaban J connectivity index is 2.86. The molecule has 0 N–H and O–H groups in total. The molecule has 0 aromatic carbocycles. The summed E-state index contributed by atoms with van der Waals surface area (Å²) in [6.45, 7) is 0. The molecular formula is C8H10N2O. The lowest BCUT2D eigenvalue weighted by Crippen LogP contribution is -2.21.